The number of aliphatic carboxylic acids is 1. The molecular weight excluding hydrogens is 480 g/mol. The number of nitrogen functional groups attached to an aromatic ring is 1. The molecule has 5 aromatic rings. The van der Waals surface area contributed by atoms with E-state index in [-0.39, 0.29) is 19.3 Å². The fourth-order valence-electron chi connectivity index (χ4n) is 5.20. The van der Waals surface area contributed by atoms with Gasteiger partial charge in [-0.05, 0) is 60.0 Å². The molecular formula is C30H28N4O4. The van der Waals surface area contributed by atoms with Crippen LogP contribution in [0.1, 0.15) is 36.7 Å². The number of aromatic nitrogens is 3. The molecule has 0 aliphatic carbocycles. The van der Waals surface area contributed by atoms with Gasteiger partial charge in [-0.2, -0.15) is 5.10 Å². The second-order valence-electron chi connectivity index (χ2n) is 9.51. The highest BCUT2D eigenvalue weighted by molar-refractivity contribution is 6.02. The monoisotopic (exact) mass is 508 g/mol. The van der Waals surface area contributed by atoms with Gasteiger partial charge in [-0.25, -0.2) is 9.67 Å². The number of rotatable bonds is 7. The van der Waals surface area contributed by atoms with Crippen LogP contribution in [0.15, 0.2) is 72.9 Å². The van der Waals surface area contributed by atoms with Gasteiger partial charge in [0.25, 0.3) is 0 Å². The molecule has 1 saturated heterocycles. The number of nitrogens with zero attached hydrogens (tertiary/aromatic N) is 3. The lowest BCUT2D eigenvalue weighted by molar-refractivity contribution is -0.136. The predicted octanol–water partition coefficient (Wildman–Crippen LogP) is 5.74. The molecule has 0 saturated carbocycles. The Morgan fingerprint density at radius 2 is 1.95 bits per heavy atom. The molecule has 0 spiro atoms. The average Bonchev–Trinajstić information content (AvgIpc) is 3.30. The minimum atomic E-state index is -0.902. The lowest BCUT2D eigenvalue weighted by Crippen LogP contribution is -2.19. The first-order valence-corrected chi connectivity index (χ1v) is 12.8. The van der Waals surface area contributed by atoms with Crippen molar-refractivity contribution in [1.29, 1.82) is 0 Å². The number of ether oxygens (including phenoxy) is 2. The molecule has 8 nitrogen and oxygen atoms in total. The second-order valence-corrected chi connectivity index (χ2v) is 9.51. The molecule has 38 heavy (non-hydrogen) atoms. The topological polar surface area (TPSA) is 112 Å². The molecule has 1 atom stereocenters. The van der Waals surface area contributed by atoms with Crippen molar-refractivity contribution in [1.82, 2.24) is 14.8 Å². The Morgan fingerprint density at radius 1 is 1.05 bits per heavy atom. The highest BCUT2D eigenvalue weighted by Crippen LogP contribution is 2.35. The van der Waals surface area contributed by atoms with Crippen molar-refractivity contribution in [2.45, 2.75) is 38.5 Å². The molecule has 0 radical (unpaired) electrons. The molecule has 0 amide bonds. The van der Waals surface area contributed by atoms with Crippen LogP contribution in [0.3, 0.4) is 0 Å². The number of pyridine rings is 1. The third-order valence-corrected chi connectivity index (χ3v) is 7.04. The Labute approximate surface area is 219 Å². The standard InChI is InChI=1S/C30H28N4O4/c31-30-23-8-5-7-21(22(23)13-14-32-30)19-11-12-26-24(16-19)25(33-34(26)28-10-3-4-15-37-28)18-38-27-9-2-1-6-20(27)17-29(35)36/h1-2,5-9,11-14,16,28H,3-4,10,15,17-18H2,(H2,31,32)(H,35,36). The van der Waals surface area contributed by atoms with E-state index in [1.807, 2.05) is 35.0 Å². The van der Waals surface area contributed by atoms with Gasteiger partial charge in [0, 0.05) is 29.1 Å². The van der Waals surface area contributed by atoms with Crippen LogP contribution >= 0.6 is 0 Å². The van der Waals surface area contributed by atoms with E-state index in [2.05, 4.69) is 29.2 Å². The minimum Gasteiger partial charge on any atom is -0.487 e. The van der Waals surface area contributed by atoms with Gasteiger partial charge in [0.15, 0.2) is 6.23 Å². The number of carbonyl (C=O) groups is 1. The summed E-state index contributed by atoms with van der Waals surface area (Å²) in [6.45, 7) is 0.909. The molecule has 192 valence electrons. The Kier molecular flexibility index (Phi) is 6.39. The number of hydrogen-bond acceptors (Lipinski definition) is 6. The fraction of sp³-hybridized carbons (Fsp3) is 0.233. The van der Waals surface area contributed by atoms with E-state index >= 15 is 0 Å². The van der Waals surface area contributed by atoms with Crippen LogP contribution in [-0.4, -0.2) is 32.4 Å². The Bertz CT molecular complexity index is 1640. The number of carboxylic acids is 1. The van der Waals surface area contributed by atoms with E-state index in [1.54, 1.807) is 18.3 Å². The Balaban J connectivity index is 1.43. The van der Waals surface area contributed by atoms with Crippen molar-refractivity contribution in [3.05, 3.63) is 84.2 Å². The number of fused-ring (bicyclic) bond motifs is 2. The van der Waals surface area contributed by atoms with Crippen LogP contribution in [0, 0.1) is 0 Å². The van der Waals surface area contributed by atoms with Gasteiger partial charge >= 0.3 is 5.97 Å². The summed E-state index contributed by atoms with van der Waals surface area (Å²) < 4.78 is 14.2. The summed E-state index contributed by atoms with van der Waals surface area (Å²) in [6.07, 6.45) is 4.53. The van der Waals surface area contributed by atoms with Crippen LogP contribution in [-0.2, 0) is 22.6 Å². The van der Waals surface area contributed by atoms with Gasteiger partial charge < -0.3 is 20.3 Å². The first kappa shape index (κ1) is 23.9. The fourth-order valence-corrected chi connectivity index (χ4v) is 5.20. The van der Waals surface area contributed by atoms with E-state index in [1.165, 1.54) is 0 Å². The van der Waals surface area contributed by atoms with Gasteiger partial charge in [0.1, 0.15) is 23.9 Å². The van der Waals surface area contributed by atoms with Gasteiger partial charge in [0.2, 0.25) is 0 Å². The molecule has 1 fully saturated rings. The lowest BCUT2D eigenvalue weighted by Gasteiger charge is -2.23. The summed E-state index contributed by atoms with van der Waals surface area (Å²) in [5, 5.41) is 17.2. The van der Waals surface area contributed by atoms with Crippen LogP contribution in [0.2, 0.25) is 0 Å². The molecule has 3 N–H and O–H groups in total. The van der Waals surface area contributed by atoms with Crippen molar-refractivity contribution >= 4 is 33.5 Å². The normalized spacial score (nSPS) is 15.6. The third-order valence-electron chi connectivity index (χ3n) is 7.04. The molecule has 3 aromatic carbocycles. The van der Waals surface area contributed by atoms with Crippen molar-refractivity contribution in [2.75, 3.05) is 12.3 Å². The number of hydrogen-bond donors (Lipinski definition) is 2. The highest BCUT2D eigenvalue weighted by Gasteiger charge is 2.22. The highest BCUT2D eigenvalue weighted by atomic mass is 16.5. The van der Waals surface area contributed by atoms with Crippen LogP contribution in [0.4, 0.5) is 5.82 Å². The van der Waals surface area contributed by atoms with E-state index in [4.69, 9.17) is 20.3 Å². The predicted molar refractivity (Wildman–Crippen MR) is 146 cm³/mol. The number of benzene rings is 3. The third kappa shape index (κ3) is 4.54. The molecule has 8 heteroatoms. The molecule has 0 bridgehead atoms. The Morgan fingerprint density at radius 3 is 2.79 bits per heavy atom. The molecule has 3 heterocycles. The number of carboxylic acid groups (broad SMARTS) is 1. The number of para-hydroxylation sites is 1. The zero-order valence-corrected chi connectivity index (χ0v) is 20.8. The van der Waals surface area contributed by atoms with Crippen molar-refractivity contribution in [2.24, 2.45) is 0 Å². The maximum Gasteiger partial charge on any atom is 0.307 e. The summed E-state index contributed by atoms with van der Waals surface area (Å²) in [5.41, 5.74) is 10.6. The van der Waals surface area contributed by atoms with Gasteiger partial charge in [-0.3, -0.25) is 4.79 Å². The van der Waals surface area contributed by atoms with Crippen molar-refractivity contribution < 1.29 is 19.4 Å². The molecule has 1 unspecified atom stereocenters. The number of anilines is 1. The maximum absolute atomic E-state index is 11.3. The zero-order valence-electron chi connectivity index (χ0n) is 20.8. The van der Waals surface area contributed by atoms with Crippen LogP contribution < -0.4 is 10.5 Å². The minimum absolute atomic E-state index is 0.107. The Hall–Kier alpha value is -4.43. The second kappa shape index (κ2) is 10.1. The maximum atomic E-state index is 11.3. The smallest absolute Gasteiger partial charge is 0.307 e. The van der Waals surface area contributed by atoms with E-state index in [0.717, 1.165) is 57.8 Å². The largest absolute Gasteiger partial charge is 0.487 e. The summed E-state index contributed by atoms with van der Waals surface area (Å²) in [6, 6.07) is 21.6. The van der Waals surface area contributed by atoms with E-state index < -0.39 is 5.97 Å². The van der Waals surface area contributed by atoms with E-state index in [9.17, 15) is 9.90 Å². The summed E-state index contributed by atoms with van der Waals surface area (Å²) in [5.74, 6) is 0.141. The first-order chi connectivity index (χ1) is 18.6. The molecule has 1 aliphatic heterocycles. The van der Waals surface area contributed by atoms with E-state index in [0.29, 0.717) is 23.7 Å². The average molecular weight is 509 g/mol. The van der Waals surface area contributed by atoms with Crippen LogP contribution in [0.5, 0.6) is 5.75 Å². The zero-order chi connectivity index (χ0) is 26.1. The summed E-state index contributed by atoms with van der Waals surface area (Å²) in [7, 11) is 0. The first-order valence-electron chi connectivity index (χ1n) is 12.8. The number of nitrogens with two attached hydrogens (primary N) is 1. The van der Waals surface area contributed by atoms with Gasteiger partial charge in [-0.15, -0.1) is 0 Å². The summed E-state index contributed by atoms with van der Waals surface area (Å²) >= 11 is 0. The quantitative estimate of drug-likeness (QED) is 0.288. The SMILES string of the molecule is Nc1nccc2c(-c3ccc4c(c3)c(COc3ccccc3CC(=O)O)nn4C3CCCCO3)cccc12. The van der Waals surface area contributed by atoms with Crippen molar-refractivity contribution in [3.8, 4) is 16.9 Å². The molecule has 1 aliphatic rings. The summed E-state index contributed by atoms with van der Waals surface area (Å²) in [4.78, 5) is 15.6. The van der Waals surface area contributed by atoms with Gasteiger partial charge in [0.05, 0.1) is 11.9 Å². The molecule has 6 rings (SSSR count). The van der Waals surface area contributed by atoms with Gasteiger partial charge in [-0.1, -0.05) is 42.5 Å². The van der Waals surface area contributed by atoms with Crippen molar-refractivity contribution in [3.63, 3.8) is 0 Å². The lowest BCUT2D eigenvalue weighted by atomic mass is 9.97. The molecule has 2 aromatic heterocycles. The van der Waals surface area contributed by atoms with Crippen LogP contribution in [0.25, 0.3) is 32.8 Å².